The van der Waals surface area contributed by atoms with Gasteiger partial charge in [0.1, 0.15) is 11.8 Å². The molecule has 2 nitrogen and oxygen atoms in total. The van der Waals surface area contributed by atoms with Crippen LogP contribution >= 0.6 is 0 Å². The predicted octanol–water partition coefficient (Wildman–Crippen LogP) is 4.85. The highest BCUT2D eigenvalue weighted by molar-refractivity contribution is 6.10. The SMILES string of the molecule is c1ccc(-c2coc3oc4ccccc4c23)cc1. The molecule has 2 aromatic heterocycles. The molecular weight excluding hydrogens is 224 g/mol. The normalized spacial score (nSPS) is 11.3. The van der Waals surface area contributed by atoms with Crippen LogP contribution in [0.3, 0.4) is 0 Å². The van der Waals surface area contributed by atoms with E-state index in [9.17, 15) is 0 Å². The van der Waals surface area contributed by atoms with Crippen molar-refractivity contribution in [2.24, 2.45) is 0 Å². The fraction of sp³-hybridized carbons (Fsp3) is 0. The van der Waals surface area contributed by atoms with Gasteiger partial charge >= 0.3 is 0 Å². The van der Waals surface area contributed by atoms with E-state index in [-0.39, 0.29) is 0 Å². The van der Waals surface area contributed by atoms with Gasteiger partial charge in [-0.2, -0.15) is 0 Å². The van der Waals surface area contributed by atoms with Crippen molar-refractivity contribution < 1.29 is 8.83 Å². The quantitative estimate of drug-likeness (QED) is 0.470. The van der Waals surface area contributed by atoms with E-state index in [2.05, 4.69) is 18.2 Å². The molecule has 0 atom stereocenters. The molecule has 0 N–H and O–H groups in total. The van der Waals surface area contributed by atoms with Crippen molar-refractivity contribution in [2.75, 3.05) is 0 Å². The number of benzene rings is 2. The Hall–Kier alpha value is -2.48. The zero-order valence-corrected chi connectivity index (χ0v) is 9.59. The van der Waals surface area contributed by atoms with Crippen LogP contribution in [0.1, 0.15) is 0 Å². The molecule has 2 aromatic carbocycles. The van der Waals surface area contributed by atoms with E-state index in [1.54, 1.807) is 6.26 Å². The molecule has 0 saturated heterocycles. The van der Waals surface area contributed by atoms with E-state index in [1.807, 2.05) is 36.4 Å². The van der Waals surface area contributed by atoms with Crippen molar-refractivity contribution >= 4 is 22.1 Å². The highest BCUT2D eigenvalue weighted by atomic mass is 16.5. The van der Waals surface area contributed by atoms with E-state index in [4.69, 9.17) is 8.83 Å². The number of hydrogen-bond acceptors (Lipinski definition) is 2. The van der Waals surface area contributed by atoms with E-state index < -0.39 is 0 Å². The first kappa shape index (κ1) is 9.54. The van der Waals surface area contributed by atoms with Crippen LogP contribution in [-0.4, -0.2) is 0 Å². The van der Waals surface area contributed by atoms with Crippen molar-refractivity contribution in [3.05, 3.63) is 60.9 Å². The van der Waals surface area contributed by atoms with Crippen molar-refractivity contribution in [1.29, 1.82) is 0 Å². The van der Waals surface area contributed by atoms with Crippen molar-refractivity contribution in [2.45, 2.75) is 0 Å². The van der Waals surface area contributed by atoms with Crippen LogP contribution < -0.4 is 0 Å². The molecule has 18 heavy (non-hydrogen) atoms. The number of para-hydroxylation sites is 1. The molecule has 0 aliphatic rings. The molecule has 0 fully saturated rings. The second-order valence-corrected chi connectivity index (χ2v) is 4.28. The first-order chi connectivity index (χ1) is 8.93. The zero-order valence-electron chi connectivity index (χ0n) is 9.59. The van der Waals surface area contributed by atoms with Gasteiger partial charge in [-0.25, -0.2) is 0 Å². The molecule has 0 amide bonds. The average Bonchev–Trinajstić information content (AvgIpc) is 2.98. The highest BCUT2D eigenvalue weighted by Crippen LogP contribution is 2.37. The fourth-order valence-corrected chi connectivity index (χ4v) is 2.36. The first-order valence-electron chi connectivity index (χ1n) is 5.87. The lowest BCUT2D eigenvalue weighted by Crippen LogP contribution is -1.73. The Morgan fingerprint density at radius 1 is 0.778 bits per heavy atom. The zero-order chi connectivity index (χ0) is 11.9. The first-order valence-corrected chi connectivity index (χ1v) is 5.87. The molecule has 0 aliphatic heterocycles. The van der Waals surface area contributed by atoms with Gasteiger partial charge in [0.2, 0.25) is 0 Å². The Labute approximate surface area is 103 Å². The van der Waals surface area contributed by atoms with Gasteiger partial charge in [-0.1, -0.05) is 48.5 Å². The van der Waals surface area contributed by atoms with E-state index >= 15 is 0 Å². The van der Waals surface area contributed by atoms with Crippen LogP contribution in [0.25, 0.3) is 33.3 Å². The van der Waals surface area contributed by atoms with Gasteiger partial charge in [-0.15, -0.1) is 0 Å². The van der Waals surface area contributed by atoms with Crippen LogP contribution in [-0.2, 0) is 0 Å². The summed E-state index contributed by atoms with van der Waals surface area (Å²) >= 11 is 0. The van der Waals surface area contributed by atoms with Gasteiger partial charge in [-0.3, -0.25) is 0 Å². The molecule has 4 aromatic rings. The minimum Gasteiger partial charge on any atom is -0.433 e. The van der Waals surface area contributed by atoms with Gasteiger partial charge in [-0.05, 0) is 11.6 Å². The number of fused-ring (bicyclic) bond motifs is 3. The van der Waals surface area contributed by atoms with Crippen LogP contribution in [0.15, 0.2) is 69.7 Å². The predicted molar refractivity (Wildman–Crippen MR) is 71.4 cm³/mol. The minimum absolute atomic E-state index is 0.593. The Morgan fingerprint density at radius 3 is 2.44 bits per heavy atom. The lowest BCUT2D eigenvalue weighted by Gasteiger charge is -1.96. The molecule has 86 valence electrons. The van der Waals surface area contributed by atoms with E-state index in [0.717, 1.165) is 27.5 Å². The summed E-state index contributed by atoms with van der Waals surface area (Å²) in [6.45, 7) is 0. The highest BCUT2D eigenvalue weighted by Gasteiger charge is 2.15. The molecule has 2 heterocycles. The summed E-state index contributed by atoms with van der Waals surface area (Å²) in [5, 5.41) is 2.15. The summed E-state index contributed by atoms with van der Waals surface area (Å²) in [5.41, 5.74) is 3.09. The Morgan fingerprint density at radius 2 is 1.56 bits per heavy atom. The Balaban J connectivity index is 2.13. The average molecular weight is 234 g/mol. The van der Waals surface area contributed by atoms with Crippen molar-refractivity contribution in [1.82, 2.24) is 0 Å². The van der Waals surface area contributed by atoms with Gasteiger partial charge in [0, 0.05) is 10.9 Å². The molecule has 0 bridgehead atoms. The molecule has 0 radical (unpaired) electrons. The molecular formula is C16H10O2. The summed E-state index contributed by atoms with van der Waals surface area (Å²) < 4.78 is 11.2. The largest absolute Gasteiger partial charge is 0.433 e. The minimum atomic E-state index is 0.593. The van der Waals surface area contributed by atoms with Gasteiger partial charge in [0.25, 0.3) is 5.78 Å². The summed E-state index contributed by atoms with van der Waals surface area (Å²) in [5.74, 6) is 0.593. The van der Waals surface area contributed by atoms with E-state index in [1.165, 1.54) is 0 Å². The second kappa shape index (κ2) is 3.50. The van der Waals surface area contributed by atoms with Crippen LogP contribution in [0.2, 0.25) is 0 Å². The molecule has 0 aliphatic carbocycles. The third kappa shape index (κ3) is 1.23. The summed E-state index contributed by atoms with van der Waals surface area (Å²) in [6.07, 6.45) is 1.76. The molecule has 2 heteroatoms. The van der Waals surface area contributed by atoms with Crippen LogP contribution in [0.5, 0.6) is 0 Å². The lowest BCUT2D eigenvalue weighted by atomic mass is 10.0. The van der Waals surface area contributed by atoms with Gasteiger partial charge in [0.05, 0.1) is 5.39 Å². The van der Waals surface area contributed by atoms with Gasteiger partial charge < -0.3 is 8.83 Å². The summed E-state index contributed by atoms with van der Waals surface area (Å²) in [4.78, 5) is 0. The molecule has 0 saturated carbocycles. The summed E-state index contributed by atoms with van der Waals surface area (Å²) in [6, 6.07) is 18.2. The van der Waals surface area contributed by atoms with Crippen LogP contribution in [0, 0.1) is 0 Å². The maximum absolute atomic E-state index is 5.69. The summed E-state index contributed by atoms with van der Waals surface area (Å²) in [7, 11) is 0. The number of hydrogen-bond donors (Lipinski definition) is 0. The van der Waals surface area contributed by atoms with Gasteiger partial charge in [0.15, 0.2) is 0 Å². The van der Waals surface area contributed by atoms with Crippen molar-refractivity contribution in [3.63, 3.8) is 0 Å². The monoisotopic (exact) mass is 234 g/mol. The fourth-order valence-electron chi connectivity index (χ4n) is 2.36. The maximum atomic E-state index is 5.69. The van der Waals surface area contributed by atoms with Crippen LogP contribution in [0.4, 0.5) is 0 Å². The Bertz CT molecular complexity index is 822. The smallest absolute Gasteiger partial charge is 0.298 e. The Kier molecular flexibility index (Phi) is 1.86. The molecule has 0 unspecified atom stereocenters. The lowest BCUT2D eigenvalue weighted by molar-refractivity contribution is 0.499. The van der Waals surface area contributed by atoms with Crippen molar-refractivity contribution in [3.8, 4) is 11.1 Å². The third-order valence-corrected chi connectivity index (χ3v) is 3.20. The van der Waals surface area contributed by atoms with E-state index in [0.29, 0.717) is 5.78 Å². The number of rotatable bonds is 1. The molecule has 4 rings (SSSR count). The maximum Gasteiger partial charge on any atom is 0.298 e. The topological polar surface area (TPSA) is 26.3 Å². The standard InChI is InChI=1S/C16H10O2/c1-2-6-11(7-3-1)13-10-17-16-15(13)12-8-4-5-9-14(12)18-16/h1-10H. The molecule has 0 spiro atoms. The third-order valence-electron chi connectivity index (χ3n) is 3.20. The number of furan rings is 2. The second-order valence-electron chi connectivity index (χ2n) is 4.28.